The maximum atomic E-state index is 11.0. The third-order valence-corrected chi connectivity index (χ3v) is 1.92. The van der Waals surface area contributed by atoms with E-state index in [1.165, 1.54) is 6.08 Å². The van der Waals surface area contributed by atoms with Gasteiger partial charge in [-0.3, -0.25) is 19.2 Å². The zero-order valence-electron chi connectivity index (χ0n) is 7.99. The smallest absolute Gasteiger partial charge is 0.224 e. The predicted octanol–water partition coefficient (Wildman–Crippen LogP) is -1.13. The number of carbonyl (C=O) groups is 3. The Bertz CT molecular complexity index is 313. The number of hydroxylamine groups is 1. The fourth-order valence-electron chi connectivity index (χ4n) is 1.19. The van der Waals surface area contributed by atoms with E-state index < -0.39 is 23.4 Å². The summed E-state index contributed by atoms with van der Waals surface area (Å²) in [5, 5.41) is 0. The molecular weight excluding hydrogens is 200 g/mol. The highest BCUT2D eigenvalue weighted by Gasteiger charge is 2.50. The van der Waals surface area contributed by atoms with Crippen LogP contribution in [0, 0.1) is 12.0 Å². The Morgan fingerprint density at radius 2 is 2.27 bits per heavy atom. The zero-order valence-corrected chi connectivity index (χ0v) is 7.99. The van der Waals surface area contributed by atoms with E-state index in [0.717, 1.165) is 0 Å². The van der Waals surface area contributed by atoms with Crippen molar-refractivity contribution in [3.8, 4) is 0 Å². The summed E-state index contributed by atoms with van der Waals surface area (Å²) in [7, 11) is 0. The summed E-state index contributed by atoms with van der Waals surface area (Å²) in [6, 6.07) is 0.0839. The molecule has 0 heterocycles. The summed E-state index contributed by atoms with van der Waals surface area (Å²) in [6.07, 6.45) is 1.30. The summed E-state index contributed by atoms with van der Waals surface area (Å²) < 4.78 is 0. The first-order chi connectivity index (χ1) is 7.07. The van der Waals surface area contributed by atoms with Crippen LogP contribution in [-0.4, -0.2) is 24.1 Å². The fourth-order valence-corrected chi connectivity index (χ4v) is 1.19. The molecule has 0 aliphatic heterocycles. The summed E-state index contributed by atoms with van der Waals surface area (Å²) in [5.74, 6) is -2.69. The first-order valence-electron chi connectivity index (χ1n) is 4.30. The minimum absolute atomic E-state index is 0.0839. The third-order valence-electron chi connectivity index (χ3n) is 1.92. The Labute approximate surface area is 86.4 Å². The molecule has 81 valence electrons. The van der Waals surface area contributed by atoms with Crippen LogP contribution in [0.4, 0.5) is 0 Å². The van der Waals surface area contributed by atoms with Crippen LogP contribution in [0.5, 0.6) is 0 Å². The van der Waals surface area contributed by atoms with Crippen LogP contribution in [0.3, 0.4) is 0 Å². The van der Waals surface area contributed by atoms with Crippen molar-refractivity contribution in [3.63, 3.8) is 0 Å². The lowest BCUT2D eigenvalue weighted by molar-refractivity contribution is -0.149. The van der Waals surface area contributed by atoms with E-state index in [2.05, 4.69) is 12.1 Å². The number of primary amides is 1. The second kappa shape index (κ2) is 4.81. The number of amides is 1. The van der Waals surface area contributed by atoms with Crippen LogP contribution in [0.2, 0.25) is 0 Å². The minimum atomic E-state index is -0.778. The Kier molecular flexibility index (Phi) is 3.70. The number of rotatable bonds is 6. The van der Waals surface area contributed by atoms with Gasteiger partial charge in [0, 0.05) is 6.42 Å². The van der Waals surface area contributed by atoms with Gasteiger partial charge in [-0.15, -0.1) is 6.58 Å². The highest BCUT2D eigenvalue weighted by Crippen LogP contribution is 2.29. The van der Waals surface area contributed by atoms with Crippen molar-refractivity contribution in [3.05, 3.63) is 18.7 Å². The van der Waals surface area contributed by atoms with Crippen molar-refractivity contribution < 1.29 is 19.2 Å². The molecule has 6 heteroatoms. The molecule has 6 nitrogen and oxygen atoms in total. The molecule has 0 spiro atoms. The van der Waals surface area contributed by atoms with Crippen LogP contribution < -0.4 is 11.2 Å². The SMILES string of the molecule is C=CCON[C]1C(=O)C(=O)C1CC(N)=O. The van der Waals surface area contributed by atoms with Crippen molar-refractivity contribution in [2.45, 2.75) is 6.42 Å². The van der Waals surface area contributed by atoms with Gasteiger partial charge in [-0.05, 0) is 0 Å². The van der Waals surface area contributed by atoms with Gasteiger partial charge < -0.3 is 5.73 Å². The number of hydrogen-bond donors (Lipinski definition) is 2. The van der Waals surface area contributed by atoms with E-state index >= 15 is 0 Å². The number of nitrogens with one attached hydrogen (secondary N) is 1. The first-order valence-corrected chi connectivity index (χ1v) is 4.30. The van der Waals surface area contributed by atoms with E-state index in [1.807, 2.05) is 0 Å². The monoisotopic (exact) mass is 211 g/mol. The van der Waals surface area contributed by atoms with Crippen molar-refractivity contribution in [2.75, 3.05) is 6.61 Å². The number of Topliss-reactive ketones (excluding diaryl/α,β-unsaturated/α-hetero) is 2. The molecule has 1 radical (unpaired) electrons. The lowest BCUT2D eigenvalue weighted by atomic mass is 9.75. The predicted molar refractivity (Wildman–Crippen MR) is 49.8 cm³/mol. The summed E-state index contributed by atoms with van der Waals surface area (Å²) in [5.41, 5.74) is 7.25. The molecule has 0 aromatic heterocycles. The van der Waals surface area contributed by atoms with Gasteiger partial charge in [0.1, 0.15) is 6.04 Å². The van der Waals surface area contributed by atoms with Gasteiger partial charge >= 0.3 is 0 Å². The van der Waals surface area contributed by atoms with Gasteiger partial charge in [0.25, 0.3) is 0 Å². The van der Waals surface area contributed by atoms with Crippen molar-refractivity contribution in [2.24, 2.45) is 11.7 Å². The van der Waals surface area contributed by atoms with Gasteiger partial charge in [-0.1, -0.05) is 6.08 Å². The minimum Gasteiger partial charge on any atom is -0.370 e. The molecule has 3 N–H and O–H groups in total. The Balaban J connectivity index is 2.47. The van der Waals surface area contributed by atoms with Crippen LogP contribution in [0.1, 0.15) is 6.42 Å². The highest BCUT2D eigenvalue weighted by molar-refractivity contribution is 6.51. The summed E-state index contributed by atoms with van der Waals surface area (Å²) >= 11 is 0. The second-order valence-corrected chi connectivity index (χ2v) is 3.03. The number of hydrogen-bond acceptors (Lipinski definition) is 5. The Morgan fingerprint density at radius 1 is 1.60 bits per heavy atom. The van der Waals surface area contributed by atoms with Gasteiger partial charge in [0.05, 0.1) is 12.5 Å². The lowest BCUT2D eigenvalue weighted by Crippen LogP contribution is -2.54. The van der Waals surface area contributed by atoms with Gasteiger partial charge in [-0.2, -0.15) is 5.48 Å². The zero-order chi connectivity index (χ0) is 11.4. The van der Waals surface area contributed by atoms with E-state index in [0.29, 0.717) is 0 Å². The molecule has 1 atom stereocenters. The fraction of sp³-hybridized carbons (Fsp3) is 0.333. The molecular formula is C9H11N2O4. The van der Waals surface area contributed by atoms with Gasteiger partial charge in [0.15, 0.2) is 0 Å². The van der Waals surface area contributed by atoms with Crippen LogP contribution in [0.15, 0.2) is 12.7 Å². The normalized spacial score (nSPS) is 21.2. The molecule has 0 saturated heterocycles. The molecule has 1 aliphatic carbocycles. The van der Waals surface area contributed by atoms with Crippen LogP contribution in [0.25, 0.3) is 0 Å². The quantitative estimate of drug-likeness (QED) is 0.251. The molecule has 0 aromatic rings. The lowest BCUT2D eigenvalue weighted by Gasteiger charge is -2.30. The Hall–Kier alpha value is -1.53. The van der Waals surface area contributed by atoms with Crippen LogP contribution in [-0.2, 0) is 19.2 Å². The maximum Gasteiger partial charge on any atom is 0.224 e. The van der Waals surface area contributed by atoms with E-state index in [4.69, 9.17) is 10.6 Å². The number of ketones is 2. The molecule has 1 amide bonds. The molecule has 15 heavy (non-hydrogen) atoms. The molecule has 1 rings (SSSR count). The molecule has 0 bridgehead atoms. The molecule has 0 aromatic carbocycles. The summed E-state index contributed by atoms with van der Waals surface area (Å²) in [6.45, 7) is 3.59. The molecule has 1 unspecified atom stereocenters. The van der Waals surface area contributed by atoms with E-state index in [1.54, 1.807) is 0 Å². The molecule has 1 fully saturated rings. The van der Waals surface area contributed by atoms with Crippen molar-refractivity contribution >= 4 is 17.5 Å². The van der Waals surface area contributed by atoms with E-state index in [-0.39, 0.29) is 19.1 Å². The third kappa shape index (κ3) is 2.48. The first kappa shape index (κ1) is 11.5. The second-order valence-electron chi connectivity index (χ2n) is 3.03. The molecule has 1 aliphatic rings. The Morgan fingerprint density at radius 3 is 2.80 bits per heavy atom. The highest BCUT2D eigenvalue weighted by atomic mass is 16.6. The average Bonchev–Trinajstić information content (AvgIpc) is 2.21. The van der Waals surface area contributed by atoms with Gasteiger partial charge in [0.2, 0.25) is 17.5 Å². The number of nitrogens with two attached hydrogens (primary N) is 1. The van der Waals surface area contributed by atoms with Crippen molar-refractivity contribution in [1.29, 1.82) is 0 Å². The largest absolute Gasteiger partial charge is 0.370 e. The number of carbonyl (C=O) groups excluding carboxylic acids is 3. The average molecular weight is 211 g/mol. The van der Waals surface area contributed by atoms with Crippen molar-refractivity contribution in [1.82, 2.24) is 5.48 Å². The topological polar surface area (TPSA) is 98.5 Å². The standard InChI is InChI=1S/C9H11N2O4/c1-2-3-15-11-7-5(4-6(10)12)8(13)9(7)14/h2,5,11H,1,3-4H2,(H2,10,12). The van der Waals surface area contributed by atoms with Crippen LogP contribution >= 0.6 is 0 Å². The maximum absolute atomic E-state index is 11.0. The summed E-state index contributed by atoms with van der Waals surface area (Å²) in [4.78, 5) is 37.5. The van der Waals surface area contributed by atoms with E-state index in [9.17, 15) is 14.4 Å². The van der Waals surface area contributed by atoms with Gasteiger partial charge in [-0.25, -0.2) is 0 Å². The molecule has 1 saturated carbocycles.